The van der Waals surface area contributed by atoms with Gasteiger partial charge in [-0.05, 0) is 44.4 Å². The first-order valence-electron chi connectivity index (χ1n) is 7.59. The Bertz CT molecular complexity index is 725. The van der Waals surface area contributed by atoms with Crippen LogP contribution < -0.4 is 11.5 Å². The van der Waals surface area contributed by atoms with E-state index in [2.05, 4.69) is 15.0 Å². The summed E-state index contributed by atoms with van der Waals surface area (Å²) in [5, 5.41) is 0. The molecule has 0 saturated heterocycles. The predicted octanol–water partition coefficient (Wildman–Crippen LogP) is 2.13. The summed E-state index contributed by atoms with van der Waals surface area (Å²) in [5.41, 5.74) is 15.7. The smallest absolute Gasteiger partial charge is 0.0925 e. The van der Waals surface area contributed by atoms with Crippen LogP contribution in [0.1, 0.15) is 25.5 Å². The van der Waals surface area contributed by atoms with Gasteiger partial charge in [0.05, 0.1) is 29.0 Å². The maximum absolute atomic E-state index is 6.01. The molecule has 0 spiro atoms. The van der Waals surface area contributed by atoms with Gasteiger partial charge in [-0.25, -0.2) is 4.98 Å². The quantitative estimate of drug-likeness (QED) is 0.845. The van der Waals surface area contributed by atoms with Crippen LogP contribution in [0.4, 0.5) is 0 Å². The van der Waals surface area contributed by atoms with Gasteiger partial charge in [-0.15, -0.1) is 0 Å². The molecule has 5 nitrogen and oxygen atoms in total. The number of benzene rings is 1. The van der Waals surface area contributed by atoms with Crippen molar-refractivity contribution in [2.45, 2.75) is 25.8 Å². The number of nitrogens with two attached hydrogens (primary N) is 2. The monoisotopic (exact) mass is 295 g/mol. The zero-order valence-corrected chi connectivity index (χ0v) is 12.7. The second-order valence-corrected chi connectivity index (χ2v) is 5.85. The third kappa shape index (κ3) is 2.99. The molecule has 0 radical (unpaired) electrons. The van der Waals surface area contributed by atoms with Crippen molar-refractivity contribution in [2.24, 2.45) is 22.4 Å². The first kappa shape index (κ1) is 14.7. The second kappa shape index (κ2) is 6.23. The van der Waals surface area contributed by atoms with Gasteiger partial charge < -0.3 is 11.5 Å². The number of aromatic nitrogens is 2. The Balaban J connectivity index is 1.84. The first-order valence-corrected chi connectivity index (χ1v) is 7.59. The van der Waals surface area contributed by atoms with Crippen LogP contribution in [0.25, 0.3) is 16.6 Å². The standard InChI is InChI=1S/C17H21N5/c1-11(19)14(9-20-13-6-12(7-13)8-18)17-10-21-15-4-2-3-5-16(15)22-17/h2-5,9-10,12-13H,6-8,18-19H2,1H3. The molecule has 4 N–H and O–H groups in total. The molecule has 1 aliphatic rings. The highest BCUT2D eigenvalue weighted by atomic mass is 14.8. The summed E-state index contributed by atoms with van der Waals surface area (Å²) in [4.78, 5) is 13.7. The molecule has 5 heteroatoms. The number of fused-ring (bicyclic) bond motifs is 1. The third-order valence-corrected chi connectivity index (χ3v) is 4.11. The maximum atomic E-state index is 6.01. The summed E-state index contributed by atoms with van der Waals surface area (Å²) in [6, 6.07) is 8.16. The highest BCUT2D eigenvalue weighted by Gasteiger charge is 2.26. The van der Waals surface area contributed by atoms with Gasteiger partial charge in [0.2, 0.25) is 0 Å². The summed E-state index contributed by atoms with van der Waals surface area (Å²) < 4.78 is 0. The molecule has 0 amide bonds. The summed E-state index contributed by atoms with van der Waals surface area (Å²) in [5.74, 6) is 0.619. The largest absolute Gasteiger partial charge is 0.402 e. The van der Waals surface area contributed by atoms with E-state index in [1.807, 2.05) is 37.4 Å². The van der Waals surface area contributed by atoms with Gasteiger partial charge in [-0.2, -0.15) is 0 Å². The van der Waals surface area contributed by atoms with Crippen molar-refractivity contribution in [3.8, 4) is 0 Å². The van der Waals surface area contributed by atoms with E-state index >= 15 is 0 Å². The fourth-order valence-electron chi connectivity index (χ4n) is 2.65. The zero-order valence-electron chi connectivity index (χ0n) is 12.7. The van der Waals surface area contributed by atoms with Crippen LogP contribution in [-0.4, -0.2) is 28.8 Å². The summed E-state index contributed by atoms with van der Waals surface area (Å²) >= 11 is 0. The normalized spacial score (nSPS) is 22.6. The van der Waals surface area contributed by atoms with Gasteiger partial charge in [0.25, 0.3) is 0 Å². The number of nitrogens with zero attached hydrogens (tertiary/aromatic N) is 3. The van der Waals surface area contributed by atoms with Crippen molar-refractivity contribution >= 4 is 22.8 Å². The lowest BCUT2D eigenvalue weighted by Crippen LogP contribution is -2.32. The molecule has 1 fully saturated rings. The molecule has 0 unspecified atom stereocenters. The molecule has 0 atom stereocenters. The Morgan fingerprint density at radius 3 is 2.73 bits per heavy atom. The van der Waals surface area contributed by atoms with Crippen LogP contribution in [0.2, 0.25) is 0 Å². The highest BCUT2D eigenvalue weighted by Crippen LogP contribution is 2.29. The average Bonchev–Trinajstić information content (AvgIpc) is 2.49. The van der Waals surface area contributed by atoms with Crippen LogP contribution in [0.3, 0.4) is 0 Å². The Kier molecular flexibility index (Phi) is 4.15. The Labute approximate surface area is 130 Å². The first-order chi connectivity index (χ1) is 10.7. The molecule has 22 heavy (non-hydrogen) atoms. The van der Waals surface area contributed by atoms with E-state index in [0.717, 1.165) is 41.7 Å². The minimum Gasteiger partial charge on any atom is -0.402 e. The van der Waals surface area contributed by atoms with Gasteiger partial charge in [0.15, 0.2) is 0 Å². The predicted molar refractivity (Wildman–Crippen MR) is 90.4 cm³/mol. The summed E-state index contributed by atoms with van der Waals surface area (Å²) in [6.45, 7) is 2.61. The van der Waals surface area contributed by atoms with Crippen molar-refractivity contribution in [3.05, 3.63) is 41.9 Å². The molecule has 1 aliphatic carbocycles. The van der Waals surface area contributed by atoms with E-state index < -0.39 is 0 Å². The van der Waals surface area contributed by atoms with Crippen molar-refractivity contribution in [3.63, 3.8) is 0 Å². The van der Waals surface area contributed by atoms with Crippen LogP contribution in [0.5, 0.6) is 0 Å². The lowest BCUT2D eigenvalue weighted by atomic mass is 9.81. The molecule has 3 rings (SSSR count). The number of aliphatic imine (C=N–C) groups is 1. The van der Waals surface area contributed by atoms with E-state index in [1.54, 1.807) is 6.20 Å². The van der Waals surface area contributed by atoms with Crippen molar-refractivity contribution in [1.82, 2.24) is 9.97 Å². The van der Waals surface area contributed by atoms with E-state index in [-0.39, 0.29) is 0 Å². The molecule has 1 heterocycles. The molecule has 0 bridgehead atoms. The SMILES string of the molecule is CC(N)=C(C=NC1CC(CN)C1)c1cnc2ccccc2n1. The van der Waals surface area contributed by atoms with Crippen molar-refractivity contribution < 1.29 is 0 Å². The van der Waals surface area contributed by atoms with Gasteiger partial charge in [-0.1, -0.05) is 12.1 Å². The number of rotatable bonds is 4. The summed E-state index contributed by atoms with van der Waals surface area (Å²) in [6.07, 6.45) is 5.72. The van der Waals surface area contributed by atoms with Gasteiger partial charge in [-0.3, -0.25) is 9.98 Å². The van der Waals surface area contributed by atoms with Crippen molar-refractivity contribution in [1.29, 1.82) is 0 Å². The number of hydrogen-bond acceptors (Lipinski definition) is 5. The topological polar surface area (TPSA) is 90.2 Å². The maximum Gasteiger partial charge on any atom is 0.0925 e. The van der Waals surface area contributed by atoms with E-state index in [0.29, 0.717) is 17.7 Å². The minimum absolute atomic E-state index is 0.358. The zero-order chi connectivity index (χ0) is 15.5. The summed E-state index contributed by atoms with van der Waals surface area (Å²) in [7, 11) is 0. The molecular formula is C17H21N5. The van der Waals surface area contributed by atoms with E-state index in [1.165, 1.54) is 0 Å². The Morgan fingerprint density at radius 2 is 2.05 bits per heavy atom. The Morgan fingerprint density at radius 1 is 1.32 bits per heavy atom. The van der Waals surface area contributed by atoms with Gasteiger partial charge in [0.1, 0.15) is 0 Å². The van der Waals surface area contributed by atoms with Gasteiger partial charge >= 0.3 is 0 Å². The molecule has 0 aliphatic heterocycles. The number of hydrogen-bond donors (Lipinski definition) is 2. The molecule has 2 aromatic rings. The number of para-hydroxylation sites is 2. The van der Waals surface area contributed by atoms with E-state index in [9.17, 15) is 0 Å². The highest BCUT2D eigenvalue weighted by molar-refractivity contribution is 6.10. The molecule has 1 aromatic heterocycles. The van der Waals surface area contributed by atoms with Crippen LogP contribution >= 0.6 is 0 Å². The molecule has 114 valence electrons. The second-order valence-electron chi connectivity index (χ2n) is 5.85. The van der Waals surface area contributed by atoms with Gasteiger partial charge in [0, 0.05) is 17.5 Å². The molecule has 1 aromatic carbocycles. The average molecular weight is 295 g/mol. The fraction of sp³-hybridized carbons (Fsp3) is 0.353. The lowest BCUT2D eigenvalue weighted by Gasteiger charge is -2.31. The van der Waals surface area contributed by atoms with Crippen LogP contribution in [0, 0.1) is 5.92 Å². The Hall–Kier alpha value is -2.27. The number of allylic oxidation sites excluding steroid dienone is 2. The van der Waals surface area contributed by atoms with E-state index in [4.69, 9.17) is 11.5 Å². The van der Waals surface area contributed by atoms with Crippen LogP contribution in [0.15, 0.2) is 41.2 Å². The minimum atomic E-state index is 0.358. The molecular weight excluding hydrogens is 274 g/mol. The fourth-order valence-corrected chi connectivity index (χ4v) is 2.65. The van der Waals surface area contributed by atoms with Crippen molar-refractivity contribution in [2.75, 3.05) is 6.54 Å². The van der Waals surface area contributed by atoms with Crippen LogP contribution in [-0.2, 0) is 0 Å². The third-order valence-electron chi connectivity index (χ3n) is 4.11. The molecule has 1 saturated carbocycles. The lowest BCUT2D eigenvalue weighted by molar-refractivity contribution is 0.276.